The summed E-state index contributed by atoms with van der Waals surface area (Å²) in [6.07, 6.45) is 3.03. The van der Waals surface area contributed by atoms with Crippen molar-refractivity contribution in [1.29, 1.82) is 0 Å². The van der Waals surface area contributed by atoms with Gasteiger partial charge in [-0.2, -0.15) is 0 Å². The van der Waals surface area contributed by atoms with Gasteiger partial charge in [-0.05, 0) is 23.8 Å². The number of aliphatic hydroxyl groups excluding tert-OH is 2. The second kappa shape index (κ2) is 4.76. The van der Waals surface area contributed by atoms with Crippen LogP contribution in [0.4, 0.5) is 0 Å². The van der Waals surface area contributed by atoms with Crippen LogP contribution < -0.4 is 0 Å². The van der Waals surface area contributed by atoms with Crippen LogP contribution in [0.25, 0.3) is 0 Å². The first kappa shape index (κ1) is 17.3. The lowest BCUT2D eigenvalue weighted by Gasteiger charge is -2.61. The number of carbonyl (C=O) groups excluding carboxylic acids is 1. The lowest BCUT2D eigenvalue weighted by molar-refractivity contribution is -0.190. The fraction of sp³-hybridized carbons (Fsp3) is 0.750. The zero-order valence-corrected chi connectivity index (χ0v) is 15.2. The highest BCUT2D eigenvalue weighted by Gasteiger charge is 2.78. The molecule has 0 aromatic rings. The highest BCUT2D eigenvalue weighted by atomic mass is 16.6. The van der Waals surface area contributed by atoms with Crippen molar-refractivity contribution in [3.63, 3.8) is 0 Å². The van der Waals surface area contributed by atoms with E-state index in [-0.39, 0.29) is 17.8 Å². The number of fused-ring (bicyclic) bond motifs is 1. The van der Waals surface area contributed by atoms with Gasteiger partial charge in [0.1, 0.15) is 23.2 Å². The summed E-state index contributed by atoms with van der Waals surface area (Å²) in [5.74, 6) is -0.687. The molecule has 0 aromatic carbocycles. The van der Waals surface area contributed by atoms with Crippen molar-refractivity contribution in [2.45, 2.75) is 70.4 Å². The smallest absolute Gasteiger partial charge is 0.316 e. The first-order valence-electron chi connectivity index (χ1n) is 9.20. The molecule has 2 saturated carbocycles. The van der Waals surface area contributed by atoms with Crippen LogP contribution in [-0.2, 0) is 9.53 Å². The Labute approximate surface area is 148 Å². The summed E-state index contributed by atoms with van der Waals surface area (Å²) in [7, 11) is 0. The normalized spacial score (nSPS) is 53.4. The summed E-state index contributed by atoms with van der Waals surface area (Å²) < 4.78 is 5.67. The number of aliphatic hydroxyl groups is 3. The van der Waals surface area contributed by atoms with Gasteiger partial charge in [0.2, 0.25) is 0 Å². The molecule has 0 amide bonds. The van der Waals surface area contributed by atoms with E-state index in [4.69, 9.17) is 4.74 Å². The lowest BCUT2D eigenvalue weighted by atomic mass is 9.42. The van der Waals surface area contributed by atoms with Gasteiger partial charge in [-0.25, -0.2) is 0 Å². The van der Waals surface area contributed by atoms with E-state index < -0.39 is 40.7 Å². The fourth-order valence-corrected chi connectivity index (χ4v) is 6.24. The Morgan fingerprint density at radius 3 is 2.60 bits per heavy atom. The summed E-state index contributed by atoms with van der Waals surface area (Å²) in [6.45, 7) is 9.78. The number of rotatable bonds is 1. The van der Waals surface area contributed by atoms with Crippen LogP contribution in [0.3, 0.4) is 0 Å². The Hall–Kier alpha value is -1.17. The van der Waals surface area contributed by atoms with E-state index in [0.29, 0.717) is 12.0 Å². The molecular formula is C20H28O5. The third-order valence-corrected chi connectivity index (χ3v) is 7.66. The molecule has 138 valence electrons. The van der Waals surface area contributed by atoms with Gasteiger partial charge in [-0.15, -0.1) is 6.58 Å². The van der Waals surface area contributed by atoms with E-state index in [1.165, 1.54) is 0 Å². The van der Waals surface area contributed by atoms with E-state index in [0.717, 1.165) is 12.8 Å². The van der Waals surface area contributed by atoms with E-state index in [1.54, 1.807) is 12.2 Å². The molecule has 7 atom stereocenters. The monoisotopic (exact) mass is 348 g/mol. The molecule has 3 fully saturated rings. The molecule has 5 heteroatoms. The molecule has 1 saturated heterocycles. The fourth-order valence-electron chi connectivity index (χ4n) is 6.24. The van der Waals surface area contributed by atoms with Crippen LogP contribution in [0.5, 0.6) is 0 Å². The Balaban J connectivity index is 1.98. The van der Waals surface area contributed by atoms with Crippen molar-refractivity contribution in [3.05, 3.63) is 24.3 Å². The molecule has 4 aliphatic rings. The number of esters is 1. The standard InChI is InChI=1S/C20H28O5/c1-5-18(4)9-11-13(22)14-15-17(2,3)7-6-8-19(15,16(23)25-14)20(11,24)10-12(18)21/h5,9,12-15,21-22,24H,1,6-8,10H2,2-4H3/t12-,13-,14+,15-,18+,19-,20+/m0/s1. The molecule has 25 heavy (non-hydrogen) atoms. The van der Waals surface area contributed by atoms with Crippen molar-refractivity contribution in [2.75, 3.05) is 0 Å². The van der Waals surface area contributed by atoms with Gasteiger partial charge >= 0.3 is 5.97 Å². The topological polar surface area (TPSA) is 87.0 Å². The van der Waals surface area contributed by atoms with Gasteiger partial charge in [-0.3, -0.25) is 4.79 Å². The number of ether oxygens (including phenoxy) is 1. The van der Waals surface area contributed by atoms with Gasteiger partial charge in [0.15, 0.2) is 0 Å². The third kappa shape index (κ3) is 1.77. The molecule has 5 nitrogen and oxygen atoms in total. The van der Waals surface area contributed by atoms with Gasteiger partial charge in [0.05, 0.1) is 6.10 Å². The van der Waals surface area contributed by atoms with Crippen LogP contribution >= 0.6 is 0 Å². The first-order chi connectivity index (χ1) is 11.5. The SMILES string of the molecule is C=C[C@]1(C)C=C2[C@H](O)[C@H]3OC(=O)[C@@]4(CCCC(C)(C)[C@H]34)[C@@]2(O)C[C@@H]1O. The average Bonchev–Trinajstić information content (AvgIpc) is 2.83. The minimum atomic E-state index is -1.58. The van der Waals surface area contributed by atoms with E-state index in [2.05, 4.69) is 20.4 Å². The highest BCUT2D eigenvalue weighted by molar-refractivity contribution is 5.84. The highest BCUT2D eigenvalue weighted by Crippen LogP contribution is 2.69. The summed E-state index contributed by atoms with van der Waals surface area (Å²) in [4.78, 5) is 13.0. The quantitative estimate of drug-likeness (QED) is 0.496. The summed E-state index contributed by atoms with van der Waals surface area (Å²) in [5.41, 5.74) is -3.24. The number of carbonyl (C=O) groups is 1. The van der Waals surface area contributed by atoms with Gasteiger partial charge in [-0.1, -0.05) is 39.3 Å². The largest absolute Gasteiger partial charge is 0.458 e. The van der Waals surface area contributed by atoms with Crippen molar-refractivity contribution in [3.8, 4) is 0 Å². The Morgan fingerprint density at radius 1 is 1.28 bits per heavy atom. The molecule has 2 bridgehead atoms. The maximum atomic E-state index is 13.0. The van der Waals surface area contributed by atoms with Gasteiger partial charge in [0.25, 0.3) is 0 Å². The second-order valence-electron chi connectivity index (χ2n) is 9.36. The zero-order chi connectivity index (χ0) is 18.4. The van der Waals surface area contributed by atoms with E-state index in [1.807, 2.05) is 6.92 Å². The van der Waals surface area contributed by atoms with Crippen LogP contribution in [-0.4, -0.2) is 45.2 Å². The van der Waals surface area contributed by atoms with Crippen molar-refractivity contribution < 1.29 is 24.9 Å². The van der Waals surface area contributed by atoms with Crippen molar-refractivity contribution in [1.82, 2.24) is 0 Å². The predicted octanol–water partition coefficient (Wildman–Crippen LogP) is 1.71. The molecule has 1 heterocycles. The minimum Gasteiger partial charge on any atom is -0.458 e. The molecular weight excluding hydrogens is 320 g/mol. The van der Waals surface area contributed by atoms with Crippen LogP contribution in [0.15, 0.2) is 24.3 Å². The van der Waals surface area contributed by atoms with Crippen LogP contribution in [0.1, 0.15) is 46.5 Å². The summed E-state index contributed by atoms with van der Waals surface area (Å²) in [5, 5.41) is 33.6. The molecule has 0 radical (unpaired) electrons. The number of hydrogen-bond acceptors (Lipinski definition) is 5. The molecule has 3 N–H and O–H groups in total. The van der Waals surface area contributed by atoms with Crippen molar-refractivity contribution >= 4 is 5.97 Å². The maximum Gasteiger partial charge on any atom is 0.316 e. The predicted molar refractivity (Wildman–Crippen MR) is 91.4 cm³/mol. The summed E-state index contributed by atoms with van der Waals surface area (Å²) >= 11 is 0. The second-order valence-corrected chi connectivity index (χ2v) is 9.36. The molecule has 0 unspecified atom stereocenters. The molecule has 0 aromatic heterocycles. The van der Waals surface area contributed by atoms with E-state index >= 15 is 0 Å². The molecule has 1 aliphatic heterocycles. The average molecular weight is 348 g/mol. The minimum absolute atomic E-state index is 0.00676. The van der Waals surface area contributed by atoms with Crippen LogP contribution in [0.2, 0.25) is 0 Å². The molecule has 4 rings (SSSR count). The Morgan fingerprint density at radius 2 is 1.96 bits per heavy atom. The third-order valence-electron chi connectivity index (χ3n) is 7.66. The van der Waals surface area contributed by atoms with Gasteiger partial charge < -0.3 is 20.1 Å². The molecule has 0 spiro atoms. The summed E-state index contributed by atoms with van der Waals surface area (Å²) in [6, 6.07) is 0. The van der Waals surface area contributed by atoms with E-state index in [9.17, 15) is 20.1 Å². The van der Waals surface area contributed by atoms with Crippen LogP contribution in [0, 0.1) is 22.2 Å². The maximum absolute atomic E-state index is 13.0. The number of hydrogen-bond donors (Lipinski definition) is 3. The van der Waals surface area contributed by atoms with Crippen molar-refractivity contribution in [2.24, 2.45) is 22.2 Å². The van der Waals surface area contributed by atoms with Gasteiger partial charge in [0, 0.05) is 17.8 Å². The Kier molecular flexibility index (Phi) is 3.28. The first-order valence-corrected chi connectivity index (χ1v) is 9.20. The Bertz CT molecular complexity index is 682. The molecule has 3 aliphatic carbocycles. The zero-order valence-electron chi connectivity index (χ0n) is 15.2. The lowest BCUT2D eigenvalue weighted by Crippen LogP contribution is -2.69.